The molecule has 282 valence electrons. The van der Waals surface area contributed by atoms with E-state index in [0.29, 0.717) is 12.8 Å². The Kier molecular flexibility index (Phi) is 33.9. The quantitative estimate of drug-likeness (QED) is 0.0290. The van der Waals surface area contributed by atoms with Crippen molar-refractivity contribution < 1.29 is 37.6 Å². The minimum atomic E-state index is -4.39. The molecule has 0 spiro atoms. The van der Waals surface area contributed by atoms with Gasteiger partial charge in [-0.15, -0.1) is 0 Å². The van der Waals surface area contributed by atoms with Gasteiger partial charge in [0.15, 0.2) is 6.10 Å². The zero-order chi connectivity index (χ0) is 36.1. The number of hydrogen-bond acceptors (Lipinski definition) is 8. The van der Waals surface area contributed by atoms with Gasteiger partial charge in [-0.05, 0) is 25.7 Å². The molecule has 3 N–H and O–H groups in total. The van der Waals surface area contributed by atoms with Crippen molar-refractivity contribution in [1.82, 2.24) is 0 Å². The molecule has 2 unspecified atom stereocenters. The Morgan fingerprint density at radius 3 is 1.65 bits per heavy atom. The highest BCUT2D eigenvalue weighted by Gasteiger charge is 2.25. The monoisotopic (exact) mass is 709 g/mol. The lowest BCUT2D eigenvalue weighted by atomic mass is 10.0. The van der Waals surface area contributed by atoms with E-state index < -0.39 is 32.5 Å². The number of phosphoric acid groups is 1. The second kappa shape index (κ2) is 35.5. The lowest BCUT2D eigenvalue weighted by Crippen LogP contribution is -2.29. The first kappa shape index (κ1) is 46.7. The maximum atomic E-state index is 12.5. The van der Waals surface area contributed by atoms with Gasteiger partial charge in [-0.25, -0.2) is 4.57 Å². The highest BCUT2D eigenvalue weighted by molar-refractivity contribution is 7.47. The molecule has 9 nitrogen and oxygen atoms in total. The fourth-order valence-corrected chi connectivity index (χ4v) is 5.55. The second-order valence-corrected chi connectivity index (χ2v) is 13.6. The van der Waals surface area contributed by atoms with Crippen molar-refractivity contribution in [2.24, 2.45) is 5.73 Å². The number of esters is 2. The van der Waals surface area contributed by atoms with Gasteiger partial charge in [0, 0.05) is 19.4 Å². The largest absolute Gasteiger partial charge is 0.472 e. The van der Waals surface area contributed by atoms with Crippen LogP contribution in [0.1, 0.15) is 142 Å². The minimum Gasteiger partial charge on any atom is -0.462 e. The van der Waals surface area contributed by atoms with E-state index >= 15 is 0 Å². The molecule has 0 amide bonds. The number of carbonyl (C=O) groups is 2. The highest BCUT2D eigenvalue weighted by atomic mass is 31.2. The molecule has 2 atom stereocenters. The highest BCUT2D eigenvalue weighted by Crippen LogP contribution is 2.43. The molecular weight excluding hydrogens is 641 g/mol. The van der Waals surface area contributed by atoms with Crippen LogP contribution in [0.2, 0.25) is 0 Å². The molecule has 49 heavy (non-hydrogen) atoms. The molecule has 0 aliphatic carbocycles. The van der Waals surface area contributed by atoms with Gasteiger partial charge >= 0.3 is 19.8 Å². The fourth-order valence-electron chi connectivity index (χ4n) is 4.78. The minimum absolute atomic E-state index is 0.0401. The lowest BCUT2D eigenvalue weighted by molar-refractivity contribution is -0.161. The molecule has 0 saturated heterocycles. The van der Waals surface area contributed by atoms with Crippen LogP contribution in [0.3, 0.4) is 0 Å². The van der Waals surface area contributed by atoms with Gasteiger partial charge in [0.25, 0.3) is 0 Å². The normalized spacial score (nSPS) is 14.1. The van der Waals surface area contributed by atoms with Crippen molar-refractivity contribution in [3.8, 4) is 0 Å². The van der Waals surface area contributed by atoms with Gasteiger partial charge < -0.3 is 20.1 Å². The molecule has 0 fully saturated rings. The van der Waals surface area contributed by atoms with Crippen LogP contribution in [0.15, 0.2) is 60.8 Å². The summed E-state index contributed by atoms with van der Waals surface area (Å²) >= 11 is 0. The van der Waals surface area contributed by atoms with Crippen LogP contribution in [0.5, 0.6) is 0 Å². The van der Waals surface area contributed by atoms with Gasteiger partial charge in [-0.1, -0.05) is 164 Å². The first-order valence-corrected chi connectivity index (χ1v) is 20.3. The second-order valence-electron chi connectivity index (χ2n) is 12.2. The van der Waals surface area contributed by atoms with E-state index in [1.54, 1.807) is 0 Å². The molecule has 0 aliphatic rings. The number of unbranched alkanes of at least 4 members (excludes halogenated alkanes) is 15. The van der Waals surface area contributed by atoms with Crippen molar-refractivity contribution in [1.29, 1.82) is 0 Å². The zero-order valence-corrected chi connectivity index (χ0v) is 31.5. The van der Waals surface area contributed by atoms with E-state index in [1.165, 1.54) is 77.0 Å². The summed E-state index contributed by atoms with van der Waals surface area (Å²) in [6.07, 6.45) is 39.8. The molecular formula is C39H68NO8P. The van der Waals surface area contributed by atoms with E-state index in [9.17, 15) is 19.0 Å². The van der Waals surface area contributed by atoms with Gasteiger partial charge in [-0.2, -0.15) is 0 Å². The van der Waals surface area contributed by atoms with Crippen LogP contribution in [-0.4, -0.2) is 49.3 Å². The third kappa shape index (κ3) is 35.3. The van der Waals surface area contributed by atoms with E-state index in [0.717, 1.165) is 25.7 Å². The third-order valence-corrected chi connectivity index (χ3v) is 8.53. The molecule has 0 radical (unpaired) electrons. The Morgan fingerprint density at radius 2 is 1.12 bits per heavy atom. The van der Waals surface area contributed by atoms with Gasteiger partial charge in [0.05, 0.1) is 13.2 Å². The standard InChI is InChI=1S/C39H68NO8P/c1-3-5-7-9-11-13-15-17-18-20-21-23-25-27-29-31-38(41)45-35-37(36-47-49(43,44)46-34-33-40)48-39(42)32-30-28-26-24-22-19-16-14-12-10-8-6-4-2/h6,8,10,12,14,16,19,22,24,26,37H,3-5,7,9,11,13,15,17-18,20-21,23,25,27-36,40H2,1-2H3,(H,43,44)/b8-6+,12-10+,16-14+,22-19+,26-24+. The number of nitrogens with two attached hydrogens (primary N) is 1. The lowest BCUT2D eigenvalue weighted by Gasteiger charge is -2.19. The maximum Gasteiger partial charge on any atom is 0.472 e. The maximum absolute atomic E-state index is 12.5. The first-order valence-electron chi connectivity index (χ1n) is 18.8. The van der Waals surface area contributed by atoms with Crippen LogP contribution in [0, 0.1) is 0 Å². The molecule has 0 aromatic carbocycles. The molecule has 0 aliphatic heterocycles. The Hall–Kier alpha value is -2.29. The van der Waals surface area contributed by atoms with E-state index in [1.807, 2.05) is 54.7 Å². The number of carbonyl (C=O) groups excluding carboxylic acids is 2. The molecule has 0 rings (SSSR count). The van der Waals surface area contributed by atoms with Gasteiger partial charge in [0.2, 0.25) is 0 Å². The van der Waals surface area contributed by atoms with Crippen LogP contribution >= 0.6 is 7.82 Å². The summed E-state index contributed by atoms with van der Waals surface area (Å²) < 4.78 is 32.5. The van der Waals surface area contributed by atoms with Crippen molar-refractivity contribution in [2.75, 3.05) is 26.4 Å². The number of allylic oxidation sites excluding steroid dienone is 10. The molecule has 0 aromatic rings. The first-order chi connectivity index (χ1) is 23.8. The number of ether oxygens (including phenoxy) is 2. The molecule has 0 bridgehead atoms. The summed E-state index contributed by atoms with van der Waals surface area (Å²) in [6, 6.07) is 0. The summed E-state index contributed by atoms with van der Waals surface area (Å²) in [6.45, 7) is 3.48. The fraction of sp³-hybridized carbons (Fsp3) is 0.692. The third-order valence-electron chi connectivity index (χ3n) is 7.55. The number of hydrogen-bond donors (Lipinski definition) is 2. The summed E-state index contributed by atoms with van der Waals surface area (Å²) in [7, 11) is -4.39. The van der Waals surface area contributed by atoms with Crippen LogP contribution in [0.4, 0.5) is 0 Å². The SMILES string of the molecule is CC/C=C/C=C/C=C/C=C/C=C/CCCC(=O)OC(COC(=O)CCCCCCCCCCCCCCCCC)COP(=O)(O)OCCN. The summed E-state index contributed by atoms with van der Waals surface area (Å²) in [5, 5.41) is 0. The number of rotatable bonds is 34. The Morgan fingerprint density at radius 1 is 0.633 bits per heavy atom. The Labute approximate surface area is 298 Å². The zero-order valence-electron chi connectivity index (χ0n) is 30.7. The molecule has 0 heterocycles. The van der Waals surface area contributed by atoms with E-state index in [4.69, 9.17) is 24.3 Å². The van der Waals surface area contributed by atoms with Crippen LogP contribution in [0.25, 0.3) is 0 Å². The van der Waals surface area contributed by atoms with Gasteiger partial charge in [-0.3, -0.25) is 18.6 Å². The average Bonchev–Trinajstić information content (AvgIpc) is 3.08. The van der Waals surface area contributed by atoms with E-state index in [-0.39, 0.29) is 32.6 Å². The number of phosphoric ester groups is 1. The summed E-state index contributed by atoms with van der Waals surface area (Å²) in [5.74, 6) is -0.918. The summed E-state index contributed by atoms with van der Waals surface area (Å²) in [5.41, 5.74) is 5.32. The average molecular weight is 710 g/mol. The molecule has 0 saturated carbocycles. The van der Waals surface area contributed by atoms with Crippen molar-refractivity contribution in [2.45, 2.75) is 148 Å². The smallest absolute Gasteiger partial charge is 0.462 e. The van der Waals surface area contributed by atoms with Crippen molar-refractivity contribution >= 4 is 19.8 Å². The van der Waals surface area contributed by atoms with Crippen LogP contribution < -0.4 is 5.73 Å². The topological polar surface area (TPSA) is 134 Å². The molecule has 10 heteroatoms. The predicted molar refractivity (Wildman–Crippen MR) is 201 cm³/mol. The summed E-state index contributed by atoms with van der Waals surface area (Å²) in [4.78, 5) is 34.6. The van der Waals surface area contributed by atoms with Crippen molar-refractivity contribution in [3.63, 3.8) is 0 Å². The van der Waals surface area contributed by atoms with Gasteiger partial charge in [0.1, 0.15) is 6.61 Å². The Bertz CT molecular complexity index is 992. The van der Waals surface area contributed by atoms with Crippen LogP contribution in [-0.2, 0) is 32.7 Å². The van der Waals surface area contributed by atoms with E-state index in [2.05, 4.69) is 19.9 Å². The predicted octanol–water partition coefficient (Wildman–Crippen LogP) is 10.2. The van der Waals surface area contributed by atoms with Crippen molar-refractivity contribution in [3.05, 3.63) is 60.8 Å². The Balaban J connectivity index is 4.33. The molecule has 0 aromatic heterocycles.